The van der Waals surface area contributed by atoms with E-state index in [1.54, 1.807) is 18.7 Å². The summed E-state index contributed by atoms with van der Waals surface area (Å²) < 4.78 is 0. The van der Waals surface area contributed by atoms with E-state index >= 15 is 0 Å². The van der Waals surface area contributed by atoms with E-state index in [4.69, 9.17) is 5.11 Å². The molecule has 0 aromatic carbocycles. The number of hydrogen-bond donors (Lipinski definition) is 2. The number of carboxylic acid groups (broad SMARTS) is 1. The highest BCUT2D eigenvalue weighted by Gasteiger charge is 2.27. The maximum Gasteiger partial charge on any atom is 0.326 e. The van der Waals surface area contributed by atoms with Crippen molar-refractivity contribution in [3.63, 3.8) is 0 Å². The van der Waals surface area contributed by atoms with Crippen LogP contribution in [-0.4, -0.2) is 40.6 Å². The maximum atomic E-state index is 12.2. The van der Waals surface area contributed by atoms with Gasteiger partial charge in [0, 0.05) is 12.6 Å². The van der Waals surface area contributed by atoms with Crippen LogP contribution in [0.2, 0.25) is 0 Å². The molecule has 5 nitrogen and oxygen atoms in total. The molecule has 0 radical (unpaired) electrons. The van der Waals surface area contributed by atoms with Crippen LogP contribution in [0.3, 0.4) is 0 Å². The highest BCUT2D eigenvalue weighted by atomic mass is 16.4. The zero-order valence-electron chi connectivity index (χ0n) is 12.8. The minimum absolute atomic E-state index is 0.119. The van der Waals surface area contributed by atoms with Crippen LogP contribution in [0, 0.1) is 5.92 Å². The molecule has 5 heteroatoms. The molecule has 2 atom stereocenters. The summed E-state index contributed by atoms with van der Waals surface area (Å²) in [6, 6.07) is -0.988. The van der Waals surface area contributed by atoms with Crippen molar-refractivity contribution in [2.45, 2.75) is 66.0 Å². The molecule has 0 aliphatic carbocycles. The van der Waals surface area contributed by atoms with Gasteiger partial charge in [-0.05, 0) is 25.7 Å². The fraction of sp³-hybridized carbons (Fsp3) is 0.857. The second-order valence-corrected chi connectivity index (χ2v) is 5.31. The van der Waals surface area contributed by atoms with Crippen molar-refractivity contribution in [2.24, 2.45) is 5.92 Å². The van der Waals surface area contributed by atoms with Crippen molar-refractivity contribution in [2.75, 3.05) is 6.54 Å². The van der Waals surface area contributed by atoms with Crippen molar-refractivity contribution < 1.29 is 14.7 Å². The van der Waals surface area contributed by atoms with Crippen LogP contribution in [-0.2, 0) is 4.79 Å². The van der Waals surface area contributed by atoms with Crippen molar-refractivity contribution >= 4 is 12.0 Å². The highest BCUT2D eigenvalue weighted by Crippen LogP contribution is 2.09. The average Bonchev–Trinajstić information content (AvgIpc) is 2.35. The quantitative estimate of drug-likeness (QED) is 0.713. The van der Waals surface area contributed by atoms with Gasteiger partial charge in [-0.15, -0.1) is 0 Å². The van der Waals surface area contributed by atoms with Gasteiger partial charge in [0.1, 0.15) is 6.04 Å². The first-order chi connectivity index (χ1) is 8.84. The van der Waals surface area contributed by atoms with Gasteiger partial charge in [-0.1, -0.05) is 34.1 Å². The summed E-state index contributed by atoms with van der Waals surface area (Å²) in [6.07, 6.45) is 2.79. The number of amides is 2. The van der Waals surface area contributed by atoms with Gasteiger partial charge >= 0.3 is 12.0 Å². The van der Waals surface area contributed by atoms with Crippen molar-refractivity contribution in [3.05, 3.63) is 0 Å². The van der Waals surface area contributed by atoms with Gasteiger partial charge in [-0.25, -0.2) is 9.59 Å². The Morgan fingerprint density at radius 2 is 1.79 bits per heavy atom. The number of carbonyl (C=O) groups excluding carboxylic acids is 1. The Morgan fingerprint density at radius 1 is 1.21 bits per heavy atom. The van der Waals surface area contributed by atoms with Crippen molar-refractivity contribution in [3.8, 4) is 0 Å². The molecule has 0 bridgehead atoms. The number of hydrogen-bond acceptors (Lipinski definition) is 2. The second kappa shape index (κ2) is 8.77. The molecule has 112 valence electrons. The highest BCUT2D eigenvalue weighted by molar-refractivity contribution is 5.82. The van der Waals surface area contributed by atoms with Crippen LogP contribution >= 0.6 is 0 Å². The van der Waals surface area contributed by atoms with Gasteiger partial charge in [0.2, 0.25) is 0 Å². The standard InChI is InChI=1S/C14H28N2O3/c1-6-8-9-16(11(5)7-2)14(19)15-12(10(3)4)13(17)18/h10-12H,6-9H2,1-5H3,(H,15,19)(H,17,18)/t11?,12-/m0/s1. The summed E-state index contributed by atoms with van der Waals surface area (Å²) >= 11 is 0. The third-order valence-electron chi connectivity index (χ3n) is 3.35. The molecule has 0 spiro atoms. The first kappa shape index (κ1) is 17.7. The third kappa shape index (κ3) is 5.94. The molecule has 0 aliphatic heterocycles. The normalized spacial score (nSPS) is 14.0. The Kier molecular flexibility index (Phi) is 8.19. The number of nitrogens with zero attached hydrogens (tertiary/aromatic N) is 1. The molecule has 0 fully saturated rings. The molecule has 1 unspecified atom stereocenters. The Morgan fingerprint density at radius 3 is 2.16 bits per heavy atom. The van der Waals surface area contributed by atoms with E-state index in [2.05, 4.69) is 12.2 Å². The summed E-state index contributed by atoms with van der Waals surface area (Å²) in [5.74, 6) is -1.12. The van der Waals surface area contributed by atoms with Gasteiger partial charge < -0.3 is 15.3 Å². The summed E-state index contributed by atoms with van der Waals surface area (Å²) in [4.78, 5) is 25.1. The van der Waals surface area contributed by atoms with Crippen LogP contribution in [0.1, 0.15) is 53.9 Å². The lowest BCUT2D eigenvalue weighted by molar-refractivity contribution is -0.140. The minimum Gasteiger partial charge on any atom is -0.480 e. The van der Waals surface area contributed by atoms with E-state index < -0.39 is 12.0 Å². The van der Waals surface area contributed by atoms with Crippen LogP contribution in [0.15, 0.2) is 0 Å². The van der Waals surface area contributed by atoms with E-state index in [0.717, 1.165) is 19.3 Å². The van der Waals surface area contributed by atoms with Crippen LogP contribution in [0.25, 0.3) is 0 Å². The van der Waals surface area contributed by atoms with Gasteiger partial charge in [0.15, 0.2) is 0 Å². The summed E-state index contributed by atoms with van der Waals surface area (Å²) in [6.45, 7) is 10.3. The largest absolute Gasteiger partial charge is 0.480 e. The van der Waals surface area contributed by atoms with Crippen LogP contribution < -0.4 is 5.32 Å². The molecule has 2 N–H and O–H groups in total. The molecule has 0 saturated carbocycles. The zero-order valence-corrected chi connectivity index (χ0v) is 12.8. The van der Waals surface area contributed by atoms with Gasteiger partial charge in [-0.3, -0.25) is 0 Å². The number of rotatable bonds is 8. The van der Waals surface area contributed by atoms with E-state index in [0.29, 0.717) is 6.54 Å². The number of carboxylic acids is 1. The number of nitrogens with one attached hydrogen (secondary N) is 1. The van der Waals surface area contributed by atoms with E-state index in [1.165, 1.54) is 0 Å². The van der Waals surface area contributed by atoms with Crippen molar-refractivity contribution in [1.82, 2.24) is 10.2 Å². The zero-order chi connectivity index (χ0) is 15.0. The fourth-order valence-corrected chi connectivity index (χ4v) is 1.80. The topological polar surface area (TPSA) is 69.6 Å². The summed E-state index contributed by atoms with van der Waals surface area (Å²) in [5, 5.41) is 11.7. The summed E-state index contributed by atoms with van der Waals surface area (Å²) in [7, 11) is 0. The monoisotopic (exact) mass is 272 g/mol. The number of urea groups is 1. The Labute approximate surface area is 116 Å². The molecule has 0 aliphatic rings. The number of unbranched alkanes of at least 4 members (excludes halogenated alkanes) is 1. The third-order valence-corrected chi connectivity index (χ3v) is 3.35. The second-order valence-electron chi connectivity index (χ2n) is 5.31. The average molecular weight is 272 g/mol. The number of carbonyl (C=O) groups is 2. The smallest absolute Gasteiger partial charge is 0.326 e. The molecule has 2 amide bonds. The lowest BCUT2D eigenvalue weighted by atomic mass is 10.1. The first-order valence-electron chi connectivity index (χ1n) is 7.15. The lowest BCUT2D eigenvalue weighted by Gasteiger charge is -2.30. The van der Waals surface area contributed by atoms with E-state index in [1.807, 2.05) is 13.8 Å². The molecule has 19 heavy (non-hydrogen) atoms. The molecule has 0 heterocycles. The van der Waals surface area contributed by atoms with Gasteiger partial charge in [0.25, 0.3) is 0 Å². The van der Waals surface area contributed by atoms with Crippen LogP contribution in [0.4, 0.5) is 4.79 Å². The van der Waals surface area contributed by atoms with E-state index in [9.17, 15) is 9.59 Å². The van der Waals surface area contributed by atoms with Crippen LogP contribution in [0.5, 0.6) is 0 Å². The molecule has 0 aromatic rings. The predicted molar refractivity (Wildman–Crippen MR) is 76.2 cm³/mol. The van der Waals surface area contributed by atoms with Gasteiger partial charge in [-0.2, -0.15) is 0 Å². The SMILES string of the molecule is CCCCN(C(=O)N[C@H](C(=O)O)C(C)C)C(C)CC. The Hall–Kier alpha value is -1.26. The molecule has 0 saturated heterocycles. The number of aliphatic carboxylic acids is 1. The molecular formula is C14H28N2O3. The molecule has 0 aromatic heterocycles. The Bertz CT molecular complexity index is 292. The lowest BCUT2D eigenvalue weighted by Crippen LogP contribution is -2.52. The predicted octanol–water partition coefficient (Wildman–Crippen LogP) is 2.71. The van der Waals surface area contributed by atoms with Gasteiger partial charge in [0.05, 0.1) is 0 Å². The first-order valence-corrected chi connectivity index (χ1v) is 7.15. The Balaban J connectivity index is 4.74. The maximum absolute atomic E-state index is 12.2. The minimum atomic E-state index is -0.983. The van der Waals surface area contributed by atoms with Crippen molar-refractivity contribution in [1.29, 1.82) is 0 Å². The van der Waals surface area contributed by atoms with E-state index in [-0.39, 0.29) is 18.0 Å². The fourth-order valence-electron chi connectivity index (χ4n) is 1.80. The molecular weight excluding hydrogens is 244 g/mol. The molecule has 0 rings (SSSR count). The summed E-state index contributed by atoms with van der Waals surface area (Å²) in [5.41, 5.74) is 0.